The van der Waals surface area contributed by atoms with E-state index >= 15 is 0 Å². The van der Waals surface area contributed by atoms with E-state index in [-0.39, 0.29) is 28.3 Å². The smallest absolute Gasteiger partial charge is 0.162 e. The van der Waals surface area contributed by atoms with E-state index in [1.807, 2.05) is 48.5 Å². The standard InChI is InChI=1S/C30H32ClNO3/c1-29(2)13-22-27(24(33)15-29)26(28-23(32-22)14-30(3,4)16-25(28)34)19-6-5-7-21(12-19)35-17-18-8-10-20(31)11-9-18/h5-12,26,32H,13-17H2,1-4H3. The van der Waals surface area contributed by atoms with Gasteiger partial charge in [0.2, 0.25) is 0 Å². The molecule has 0 saturated heterocycles. The van der Waals surface area contributed by atoms with E-state index in [1.54, 1.807) is 0 Å². The van der Waals surface area contributed by atoms with Gasteiger partial charge in [0, 0.05) is 46.3 Å². The molecule has 0 fully saturated rings. The summed E-state index contributed by atoms with van der Waals surface area (Å²) in [4.78, 5) is 27.0. The van der Waals surface area contributed by atoms with Gasteiger partial charge in [-0.25, -0.2) is 0 Å². The monoisotopic (exact) mass is 489 g/mol. The molecule has 0 bridgehead atoms. The maximum atomic E-state index is 13.5. The Morgan fingerprint density at radius 2 is 1.43 bits per heavy atom. The molecule has 0 radical (unpaired) electrons. The van der Waals surface area contributed by atoms with E-state index in [0.717, 1.165) is 46.5 Å². The Morgan fingerprint density at radius 1 is 0.857 bits per heavy atom. The highest BCUT2D eigenvalue weighted by Crippen LogP contribution is 2.51. The highest BCUT2D eigenvalue weighted by molar-refractivity contribution is 6.30. The predicted molar refractivity (Wildman–Crippen MR) is 138 cm³/mol. The number of dihydropyridines is 1. The van der Waals surface area contributed by atoms with Crippen molar-refractivity contribution in [3.8, 4) is 5.75 Å². The average Bonchev–Trinajstić information content (AvgIpc) is 2.76. The zero-order chi connectivity index (χ0) is 25.0. The van der Waals surface area contributed by atoms with Crippen LogP contribution in [0, 0.1) is 10.8 Å². The second kappa shape index (κ2) is 8.67. The molecule has 2 aliphatic carbocycles. The number of hydrogen-bond acceptors (Lipinski definition) is 4. The molecule has 3 aliphatic rings. The summed E-state index contributed by atoms with van der Waals surface area (Å²) < 4.78 is 6.09. The van der Waals surface area contributed by atoms with Crippen molar-refractivity contribution in [1.29, 1.82) is 0 Å². The summed E-state index contributed by atoms with van der Waals surface area (Å²) in [6.07, 6.45) is 2.56. The summed E-state index contributed by atoms with van der Waals surface area (Å²) in [7, 11) is 0. The van der Waals surface area contributed by atoms with Gasteiger partial charge in [0.25, 0.3) is 0 Å². The van der Waals surface area contributed by atoms with Crippen molar-refractivity contribution < 1.29 is 14.3 Å². The minimum atomic E-state index is -0.354. The van der Waals surface area contributed by atoms with Crippen LogP contribution < -0.4 is 10.1 Å². The number of carbonyl (C=O) groups is 2. The summed E-state index contributed by atoms with van der Waals surface area (Å²) in [5, 5.41) is 4.26. The molecule has 0 aromatic heterocycles. The van der Waals surface area contributed by atoms with Gasteiger partial charge in [0.05, 0.1) is 0 Å². The summed E-state index contributed by atoms with van der Waals surface area (Å²) in [5.41, 5.74) is 5.21. The number of Topliss-reactive ketones (excluding diaryl/α,β-unsaturated/α-hetero) is 2. The van der Waals surface area contributed by atoms with Crippen LogP contribution in [-0.4, -0.2) is 11.6 Å². The first kappa shape index (κ1) is 23.9. The van der Waals surface area contributed by atoms with E-state index in [0.29, 0.717) is 30.2 Å². The van der Waals surface area contributed by atoms with Crippen LogP contribution in [0.15, 0.2) is 71.1 Å². The lowest BCUT2D eigenvalue weighted by Gasteiger charge is -2.44. The zero-order valence-electron chi connectivity index (χ0n) is 20.8. The van der Waals surface area contributed by atoms with E-state index in [2.05, 4.69) is 33.0 Å². The normalized spacial score (nSPS) is 21.4. The van der Waals surface area contributed by atoms with Crippen LogP contribution >= 0.6 is 11.6 Å². The van der Waals surface area contributed by atoms with Crippen LogP contribution in [0.4, 0.5) is 0 Å². The summed E-state index contributed by atoms with van der Waals surface area (Å²) in [6.45, 7) is 8.95. The minimum Gasteiger partial charge on any atom is -0.489 e. The third-order valence-corrected chi connectivity index (χ3v) is 7.48. The molecule has 2 aromatic rings. The largest absolute Gasteiger partial charge is 0.489 e. The number of hydrogen-bond donors (Lipinski definition) is 1. The van der Waals surface area contributed by atoms with Crippen LogP contribution in [-0.2, 0) is 16.2 Å². The van der Waals surface area contributed by atoms with Gasteiger partial charge in [-0.3, -0.25) is 9.59 Å². The highest BCUT2D eigenvalue weighted by Gasteiger charge is 2.46. The number of carbonyl (C=O) groups excluding carboxylic acids is 2. The molecule has 0 amide bonds. The first-order valence-corrected chi connectivity index (χ1v) is 12.7. The molecule has 2 aromatic carbocycles. The van der Waals surface area contributed by atoms with Crippen LogP contribution in [0.2, 0.25) is 5.02 Å². The lowest BCUT2D eigenvalue weighted by Crippen LogP contribution is -2.42. The molecule has 1 heterocycles. The van der Waals surface area contributed by atoms with Gasteiger partial charge in [-0.2, -0.15) is 0 Å². The molecule has 0 unspecified atom stereocenters. The fourth-order valence-corrected chi connectivity index (χ4v) is 5.88. The molecule has 0 atom stereocenters. The molecular formula is C30H32ClNO3. The van der Waals surface area contributed by atoms with Crippen molar-refractivity contribution in [3.05, 3.63) is 87.2 Å². The van der Waals surface area contributed by atoms with E-state index in [9.17, 15) is 9.59 Å². The molecule has 0 saturated carbocycles. The maximum Gasteiger partial charge on any atom is 0.162 e. The number of benzene rings is 2. The SMILES string of the molecule is CC1(C)CC(=O)C2=C(C1)NC1=C(C(=O)CC(C)(C)C1)C2c1cccc(OCc2ccc(Cl)cc2)c1. The number of nitrogens with one attached hydrogen (secondary N) is 1. The Kier molecular flexibility index (Phi) is 5.91. The molecule has 5 heteroatoms. The number of rotatable bonds is 4. The summed E-state index contributed by atoms with van der Waals surface area (Å²) in [6, 6.07) is 15.4. The first-order chi connectivity index (χ1) is 16.5. The van der Waals surface area contributed by atoms with E-state index < -0.39 is 0 Å². The number of ether oxygens (including phenoxy) is 1. The molecule has 5 rings (SSSR count). The third-order valence-electron chi connectivity index (χ3n) is 7.23. The van der Waals surface area contributed by atoms with E-state index in [4.69, 9.17) is 16.3 Å². The Morgan fingerprint density at radius 3 is 2.00 bits per heavy atom. The summed E-state index contributed by atoms with van der Waals surface area (Å²) in [5.74, 6) is 0.621. The van der Waals surface area contributed by atoms with Gasteiger partial charge in [-0.15, -0.1) is 0 Å². The Labute approximate surface area is 212 Å². The highest BCUT2D eigenvalue weighted by atomic mass is 35.5. The van der Waals surface area contributed by atoms with Gasteiger partial charge in [0.15, 0.2) is 11.6 Å². The number of halogens is 1. The molecule has 182 valence electrons. The van der Waals surface area contributed by atoms with Crippen LogP contribution in [0.3, 0.4) is 0 Å². The number of allylic oxidation sites excluding steroid dienone is 4. The topological polar surface area (TPSA) is 55.4 Å². The van der Waals surface area contributed by atoms with Crippen molar-refractivity contribution in [1.82, 2.24) is 5.32 Å². The van der Waals surface area contributed by atoms with Crippen LogP contribution in [0.5, 0.6) is 5.75 Å². The van der Waals surface area contributed by atoms with Gasteiger partial charge in [-0.1, -0.05) is 63.6 Å². The van der Waals surface area contributed by atoms with Crippen molar-refractivity contribution >= 4 is 23.2 Å². The molecule has 35 heavy (non-hydrogen) atoms. The van der Waals surface area contributed by atoms with Gasteiger partial charge in [-0.05, 0) is 59.1 Å². The molecule has 0 spiro atoms. The Balaban J connectivity index is 1.54. The maximum absolute atomic E-state index is 13.5. The van der Waals surface area contributed by atoms with Crippen molar-refractivity contribution in [2.75, 3.05) is 0 Å². The lowest BCUT2D eigenvalue weighted by molar-refractivity contribution is -0.119. The predicted octanol–water partition coefficient (Wildman–Crippen LogP) is 6.89. The first-order valence-electron chi connectivity index (χ1n) is 12.3. The second-order valence-electron chi connectivity index (χ2n) is 11.7. The quantitative estimate of drug-likeness (QED) is 0.508. The van der Waals surface area contributed by atoms with Crippen molar-refractivity contribution in [2.24, 2.45) is 10.8 Å². The van der Waals surface area contributed by atoms with E-state index in [1.165, 1.54) is 0 Å². The third kappa shape index (κ3) is 4.81. The van der Waals surface area contributed by atoms with Crippen molar-refractivity contribution in [3.63, 3.8) is 0 Å². The fraction of sp³-hybridized carbons (Fsp3) is 0.400. The van der Waals surface area contributed by atoms with Crippen molar-refractivity contribution in [2.45, 2.75) is 65.9 Å². The fourth-order valence-electron chi connectivity index (χ4n) is 5.75. The Hall–Kier alpha value is -2.85. The van der Waals surface area contributed by atoms with Gasteiger partial charge in [0.1, 0.15) is 12.4 Å². The van der Waals surface area contributed by atoms with Gasteiger partial charge < -0.3 is 10.1 Å². The van der Waals surface area contributed by atoms with Gasteiger partial charge >= 0.3 is 0 Å². The lowest BCUT2D eigenvalue weighted by atomic mass is 9.64. The molecule has 1 aliphatic heterocycles. The average molecular weight is 490 g/mol. The Bertz CT molecular complexity index is 1210. The minimum absolute atomic E-state index is 0.108. The molecular weight excluding hydrogens is 458 g/mol. The molecule has 4 nitrogen and oxygen atoms in total. The molecule has 1 N–H and O–H groups in total. The zero-order valence-corrected chi connectivity index (χ0v) is 21.6. The van der Waals surface area contributed by atoms with Crippen LogP contribution in [0.1, 0.15) is 70.4 Å². The number of ketones is 2. The van der Waals surface area contributed by atoms with Crippen LogP contribution in [0.25, 0.3) is 0 Å². The summed E-state index contributed by atoms with van der Waals surface area (Å²) >= 11 is 6.00. The second-order valence-corrected chi connectivity index (χ2v) is 12.1.